The Hall–Kier alpha value is -1.32. The van der Waals surface area contributed by atoms with E-state index in [1.807, 2.05) is 31.2 Å². The molecule has 1 unspecified atom stereocenters. The highest BCUT2D eigenvalue weighted by atomic mass is 127. The Labute approximate surface area is 176 Å². The summed E-state index contributed by atoms with van der Waals surface area (Å²) in [5.74, 6) is 1.44. The third kappa shape index (κ3) is 7.13. The van der Waals surface area contributed by atoms with Crippen molar-refractivity contribution in [2.24, 2.45) is 4.99 Å². The molecule has 0 aliphatic carbocycles. The van der Waals surface area contributed by atoms with E-state index in [-0.39, 0.29) is 24.0 Å². The van der Waals surface area contributed by atoms with E-state index in [9.17, 15) is 5.11 Å². The zero-order chi connectivity index (χ0) is 18.1. The predicted octanol–water partition coefficient (Wildman–Crippen LogP) is 3.73. The van der Waals surface area contributed by atoms with Crippen molar-refractivity contribution in [3.63, 3.8) is 0 Å². The highest BCUT2D eigenvalue weighted by Gasteiger charge is 2.09. The number of nitrogens with one attached hydrogen (secondary N) is 2. The monoisotopic (exact) mass is 489 g/mol. The summed E-state index contributed by atoms with van der Waals surface area (Å²) in [7, 11) is 1.62. The molecule has 0 radical (unpaired) electrons. The van der Waals surface area contributed by atoms with E-state index < -0.39 is 6.10 Å². The molecule has 0 fully saturated rings. The fourth-order valence-electron chi connectivity index (χ4n) is 2.36. The number of rotatable bonds is 8. The van der Waals surface area contributed by atoms with Gasteiger partial charge in [-0.1, -0.05) is 19.1 Å². The summed E-state index contributed by atoms with van der Waals surface area (Å²) < 4.78 is 5.20. The number of aliphatic imine (C=N–C) groups is 1. The molecule has 7 heteroatoms. The van der Waals surface area contributed by atoms with Crippen LogP contribution >= 0.6 is 35.3 Å². The number of hydrogen-bond donors (Lipinski definition) is 3. The van der Waals surface area contributed by atoms with Crippen molar-refractivity contribution in [1.29, 1.82) is 0 Å². The first-order chi connectivity index (χ1) is 12.2. The SMILES string of the molecule is CCNC(=NCc1ccc(CC)s1)NCC(O)c1cccc(OC)c1.I. The van der Waals surface area contributed by atoms with Gasteiger partial charge in [-0.25, -0.2) is 4.99 Å². The number of guanidine groups is 1. The maximum atomic E-state index is 10.4. The molecule has 2 rings (SSSR count). The standard InChI is InChI=1S/C19H27N3O2S.HI/c1-4-16-9-10-17(25-16)12-21-19(20-5-2)22-13-18(23)14-7-6-8-15(11-14)24-3;/h6-11,18,23H,4-5,12-13H2,1-3H3,(H2,20,21,22);1H. The molecule has 0 saturated carbocycles. The Morgan fingerprint density at radius 3 is 2.62 bits per heavy atom. The van der Waals surface area contributed by atoms with E-state index in [1.165, 1.54) is 9.75 Å². The molecule has 1 aromatic heterocycles. The molecule has 2 aromatic rings. The van der Waals surface area contributed by atoms with Gasteiger partial charge < -0.3 is 20.5 Å². The first-order valence-electron chi connectivity index (χ1n) is 8.58. The Bertz CT molecular complexity index is 691. The Balaban J connectivity index is 0.00000338. The molecule has 3 N–H and O–H groups in total. The number of aryl methyl sites for hydroxylation is 1. The van der Waals surface area contributed by atoms with Crippen molar-refractivity contribution in [2.45, 2.75) is 32.9 Å². The summed E-state index contributed by atoms with van der Waals surface area (Å²) in [6, 6.07) is 11.7. The van der Waals surface area contributed by atoms with Crippen LogP contribution in [0.5, 0.6) is 5.75 Å². The molecule has 0 spiro atoms. The summed E-state index contributed by atoms with van der Waals surface area (Å²) >= 11 is 1.79. The number of benzene rings is 1. The Morgan fingerprint density at radius 2 is 1.96 bits per heavy atom. The number of hydrogen-bond acceptors (Lipinski definition) is 4. The van der Waals surface area contributed by atoms with E-state index in [4.69, 9.17) is 4.74 Å². The molecule has 0 amide bonds. The molecule has 1 atom stereocenters. The lowest BCUT2D eigenvalue weighted by Crippen LogP contribution is -2.39. The number of ether oxygens (including phenoxy) is 1. The number of thiophene rings is 1. The predicted molar refractivity (Wildman–Crippen MR) is 120 cm³/mol. The molecule has 0 saturated heterocycles. The van der Waals surface area contributed by atoms with Gasteiger partial charge in [0.05, 0.1) is 19.8 Å². The smallest absolute Gasteiger partial charge is 0.191 e. The molecule has 5 nitrogen and oxygen atoms in total. The van der Waals surface area contributed by atoms with E-state index >= 15 is 0 Å². The van der Waals surface area contributed by atoms with E-state index in [2.05, 4.69) is 34.7 Å². The number of aliphatic hydroxyl groups is 1. The largest absolute Gasteiger partial charge is 0.497 e. The quantitative estimate of drug-likeness (QED) is 0.301. The fourth-order valence-corrected chi connectivity index (χ4v) is 3.24. The van der Waals surface area contributed by atoms with Crippen molar-refractivity contribution in [3.05, 3.63) is 51.7 Å². The van der Waals surface area contributed by atoms with Crippen molar-refractivity contribution in [3.8, 4) is 5.75 Å². The minimum absolute atomic E-state index is 0. The van der Waals surface area contributed by atoms with E-state index in [1.54, 1.807) is 18.4 Å². The van der Waals surface area contributed by atoms with Gasteiger partial charge in [0.1, 0.15) is 5.75 Å². The van der Waals surface area contributed by atoms with Crippen LogP contribution in [0.4, 0.5) is 0 Å². The average Bonchev–Trinajstić information content (AvgIpc) is 3.12. The number of methoxy groups -OCH3 is 1. The zero-order valence-corrected chi connectivity index (χ0v) is 18.6. The first kappa shape index (κ1) is 22.7. The lowest BCUT2D eigenvalue weighted by molar-refractivity contribution is 0.180. The van der Waals surface area contributed by atoms with Crippen LogP contribution in [0.15, 0.2) is 41.4 Å². The van der Waals surface area contributed by atoms with Crippen molar-refractivity contribution in [1.82, 2.24) is 10.6 Å². The summed E-state index contributed by atoms with van der Waals surface area (Å²) in [5.41, 5.74) is 0.813. The molecular formula is C19H28IN3O2S. The summed E-state index contributed by atoms with van der Waals surface area (Å²) in [5, 5.41) is 16.8. The van der Waals surface area contributed by atoms with E-state index in [0.29, 0.717) is 19.0 Å². The minimum Gasteiger partial charge on any atom is -0.497 e. The topological polar surface area (TPSA) is 65.9 Å². The number of nitrogens with zero attached hydrogens (tertiary/aromatic N) is 1. The Morgan fingerprint density at radius 1 is 1.19 bits per heavy atom. The highest BCUT2D eigenvalue weighted by molar-refractivity contribution is 14.0. The third-order valence-electron chi connectivity index (χ3n) is 3.74. The van der Waals surface area contributed by atoms with Crippen molar-refractivity contribution in [2.75, 3.05) is 20.2 Å². The van der Waals surface area contributed by atoms with E-state index in [0.717, 1.165) is 24.3 Å². The third-order valence-corrected chi connectivity index (χ3v) is 4.96. The second-order valence-corrected chi connectivity index (χ2v) is 6.84. The molecular weight excluding hydrogens is 461 g/mol. The van der Waals surface area contributed by atoms with Gasteiger partial charge in [0, 0.05) is 22.8 Å². The van der Waals surface area contributed by atoms with Gasteiger partial charge in [0.2, 0.25) is 0 Å². The highest BCUT2D eigenvalue weighted by Crippen LogP contribution is 2.19. The summed E-state index contributed by atoms with van der Waals surface area (Å²) in [6.07, 6.45) is 0.423. The molecule has 1 aromatic carbocycles. The van der Waals surface area contributed by atoms with Crippen molar-refractivity contribution < 1.29 is 9.84 Å². The fraction of sp³-hybridized carbons (Fsp3) is 0.421. The van der Waals surface area contributed by atoms with Crippen LogP contribution < -0.4 is 15.4 Å². The molecule has 144 valence electrons. The Kier molecular flexibility index (Phi) is 10.6. The van der Waals surface area contributed by atoms with Gasteiger partial charge in [0.15, 0.2) is 5.96 Å². The lowest BCUT2D eigenvalue weighted by Gasteiger charge is -2.16. The van der Waals surface area contributed by atoms with Crippen LogP contribution in [-0.2, 0) is 13.0 Å². The van der Waals surface area contributed by atoms with Crippen LogP contribution in [0.1, 0.15) is 35.3 Å². The van der Waals surface area contributed by atoms with Gasteiger partial charge in [-0.3, -0.25) is 0 Å². The molecule has 1 heterocycles. The molecule has 0 aliphatic heterocycles. The van der Waals surface area contributed by atoms with Crippen LogP contribution in [0, 0.1) is 0 Å². The maximum absolute atomic E-state index is 10.4. The van der Waals surface area contributed by atoms with Crippen LogP contribution in [0.3, 0.4) is 0 Å². The molecule has 0 bridgehead atoms. The average molecular weight is 489 g/mol. The van der Waals surface area contributed by atoms with Gasteiger partial charge >= 0.3 is 0 Å². The van der Waals surface area contributed by atoms with Gasteiger partial charge in [0.25, 0.3) is 0 Å². The lowest BCUT2D eigenvalue weighted by atomic mass is 10.1. The van der Waals surface area contributed by atoms with Gasteiger partial charge in [-0.05, 0) is 43.2 Å². The van der Waals surface area contributed by atoms with Crippen LogP contribution in [0.2, 0.25) is 0 Å². The van der Waals surface area contributed by atoms with Gasteiger partial charge in [-0.15, -0.1) is 35.3 Å². The molecule has 26 heavy (non-hydrogen) atoms. The maximum Gasteiger partial charge on any atom is 0.191 e. The first-order valence-corrected chi connectivity index (χ1v) is 9.39. The normalized spacial score (nSPS) is 12.2. The van der Waals surface area contributed by atoms with Crippen molar-refractivity contribution >= 4 is 41.3 Å². The molecule has 0 aliphatic rings. The summed E-state index contributed by atoms with van der Waals surface area (Å²) in [4.78, 5) is 7.21. The zero-order valence-electron chi connectivity index (χ0n) is 15.5. The van der Waals surface area contributed by atoms with Crippen LogP contribution in [0.25, 0.3) is 0 Å². The van der Waals surface area contributed by atoms with Gasteiger partial charge in [-0.2, -0.15) is 0 Å². The number of aliphatic hydroxyl groups excluding tert-OH is 1. The second-order valence-electron chi connectivity index (χ2n) is 5.59. The second kappa shape index (κ2) is 12.1. The minimum atomic E-state index is -0.632. The number of halogens is 1. The van der Waals surface area contributed by atoms with Crippen LogP contribution in [-0.4, -0.2) is 31.3 Å². The summed E-state index contributed by atoms with van der Waals surface area (Å²) in [6.45, 7) is 5.96.